The highest BCUT2D eigenvalue weighted by atomic mass is 35.5. The first-order valence-electron chi connectivity index (χ1n) is 6.19. The van der Waals surface area contributed by atoms with Gasteiger partial charge in [0.1, 0.15) is 5.54 Å². The molecule has 1 fully saturated rings. The molecule has 0 spiro atoms. The highest BCUT2D eigenvalue weighted by Gasteiger charge is 2.43. The highest BCUT2D eigenvalue weighted by Crippen LogP contribution is 2.37. The van der Waals surface area contributed by atoms with E-state index in [1.807, 2.05) is 18.4 Å². The fraction of sp³-hybridized carbons (Fsp3) is 0.615. The summed E-state index contributed by atoms with van der Waals surface area (Å²) in [5.74, 6) is -0.727. The van der Waals surface area contributed by atoms with E-state index in [1.54, 1.807) is 0 Å². The fourth-order valence-electron chi connectivity index (χ4n) is 2.72. The Morgan fingerprint density at radius 1 is 1.61 bits per heavy atom. The van der Waals surface area contributed by atoms with Gasteiger partial charge in [-0.2, -0.15) is 0 Å². The van der Waals surface area contributed by atoms with E-state index in [0.29, 0.717) is 6.42 Å². The number of likely N-dealkylation sites (tertiary alicyclic amines) is 1. The van der Waals surface area contributed by atoms with E-state index in [0.717, 1.165) is 29.3 Å². The second-order valence-electron chi connectivity index (χ2n) is 5.09. The molecular weight excluding hydrogens is 270 g/mol. The van der Waals surface area contributed by atoms with Crippen LogP contribution in [0.2, 0.25) is 4.34 Å². The molecule has 0 amide bonds. The Labute approximate surface area is 116 Å². The summed E-state index contributed by atoms with van der Waals surface area (Å²) in [6.45, 7) is 4.72. The smallest absolute Gasteiger partial charge is 0.323 e. The third-order valence-corrected chi connectivity index (χ3v) is 5.05. The van der Waals surface area contributed by atoms with Crippen LogP contribution in [-0.2, 0) is 4.79 Å². The van der Waals surface area contributed by atoms with Crippen molar-refractivity contribution >= 4 is 28.9 Å². The minimum Gasteiger partial charge on any atom is -0.480 e. The zero-order valence-corrected chi connectivity index (χ0v) is 12.2. The van der Waals surface area contributed by atoms with Gasteiger partial charge in [0.05, 0.1) is 4.34 Å². The average Bonchev–Trinajstić information content (AvgIpc) is 2.75. The maximum absolute atomic E-state index is 11.6. The molecule has 18 heavy (non-hydrogen) atoms. The van der Waals surface area contributed by atoms with Crippen molar-refractivity contribution < 1.29 is 9.90 Å². The quantitative estimate of drug-likeness (QED) is 0.919. The Morgan fingerprint density at radius 2 is 2.33 bits per heavy atom. The molecule has 1 aliphatic rings. The van der Waals surface area contributed by atoms with E-state index in [9.17, 15) is 9.90 Å². The summed E-state index contributed by atoms with van der Waals surface area (Å²) in [4.78, 5) is 13.7. The SMILES string of the molecule is CC(c1csc(Cl)c1)N1CCCCC1(C)C(=O)O. The van der Waals surface area contributed by atoms with Crippen LogP contribution >= 0.6 is 22.9 Å². The molecule has 5 heteroatoms. The summed E-state index contributed by atoms with van der Waals surface area (Å²) in [7, 11) is 0. The van der Waals surface area contributed by atoms with Crippen molar-refractivity contribution in [2.75, 3.05) is 6.54 Å². The van der Waals surface area contributed by atoms with Crippen LogP contribution in [-0.4, -0.2) is 28.1 Å². The molecule has 2 atom stereocenters. The Bertz CT molecular complexity index is 448. The number of carboxylic acids is 1. The second-order valence-corrected chi connectivity index (χ2v) is 6.63. The number of nitrogens with zero attached hydrogens (tertiary/aromatic N) is 1. The van der Waals surface area contributed by atoms with Crippen molar-refractivity contribution in [1.82, 2.24) is 4.90 Å². The molecule has 1 aromatic heterocycles. The van der Waals surface area contributed by atoms with Crippen LogP contribution in [0.1, 0.15) is 44.7 Å². The van der Waals surface area contributed by atoms with Crippen LogP contribution in [0.5, 0.6) is 0 Å². The molecule has 2 unspecified atom stereocenters. The molecule has 100 valence electrons. The third-order valence-electron chi connectivity index (χ3n) is 3.94. The summed E-state index contributed by atoms with van der Waals surface area (Å²) in [6, 6.07) is 2.03. The van der Waals surface area contributed by atoms with Crippen molar-refractivity contribution in [1.29, 1.82) is 0 Å². The number of hydrogen-bond donors (Lipinski definition) is 1. The van der Waals surface area contributed by atoms with Gasteiger partial charge in [-0.3, -0.25) is 9.69 Å². The fourth-order valence-corrected chi connectivity index (χ4v) is 3.69. The van der Waals surface area contributed by atoms with Crippen molar-refractivity contribution in [2.45, 2.75) is 44.7 Å². The van der Waals surface area contributed by atoms with Crippen LogP contribution in [0.25, 0.3) is 0 Å². The van der Waals surface area contributed by atoms with E-state index >= 15 is 0 Å². The molecule has 1 saturated heterocycles. The number of aliphatic carboxylic acids is 1. The Kier molecular flexibility index (Phi) is 3.99. The van der Waals surface area contributed by atoms with Crippen molar-refractivity contribution in [2.24, 2.45) is 0 Å². The van der Waals surface area contributed by atoms with Gasteiger partial charge in [-0.25, -0.2) is 0 Å². The predicted molar refractivity (Wildman–Crippen MR) is 74.3 cm³/mol. The van der Waals surface area contributed by atoms with Crippen LogP contribution in [0, 0.1) is 0 Å². The molecule has 2 heterocycles. The van der Waals surface area contributed by atoms with Crippen molar-refractivity contribution in [3.8, 4) is 0 Å². The maximum Gasteiger partial charge on any atom is 0.323 e. The monoisotopic (exact) mass is 287 g/mol. The van der Waals surface area contributed by atoms with Gasteiger partial charge in [0, 0.05) is 6.04 Å². The number of rotatable bonds is 3. The molecule has 1 N–H and O–H groups in total. The molecule has 0 bridgehead atoms. The zero-order valence-electron chi connectivity index (χ0n) is 10.6. The van der Waals surface area contributed by atoms with Gasteiger partial charge >= 0.3 is 5.97 Å². The summed E-state index contributed by atoms with van der Waals surface area (Å²) in [5.41, 5.74) is 0.353. The molecule has 0 radical (unpaired) electrons. The Morgan fingerprint density at radius 3 is 2.89 bits per heavy atom. The summed E-state index contributed by atoms with van der Waals surface area (Å²) < 4.78 is 0.755. The van der Waals surface area contributed by atoms with Gasteiger partial charge in [0.2, 0.25) is 0 Å². The number of carboxylic acid groups (broad SMARTS) is 1. The summed E-state index contributed by atoms with van der Waals surface area (Å²) in [6.07, 6.45) is 2.76. The number of piperidine rings is 1. The van der Waals surface area contributed by atoms with Gasteiger partial charge in [-0.1, -0.05) is 11.6 Å². The summed E-state index contributed by atoms with van der Waals surface area (Å²) >= 11 is 7.46. The first-order valence-corrected chi connectivity index (χ1v) is 7.45. The Hall–Kier alpha value is -0.580. The zero-order chi connectivity index (χ0) is 13.3. The van der Waals surface area contributed by atoms with Crippen molar-refractivity contribution in [3.05, 3.63) is 21.3 Å². The van der Waals surface area contributed by atoms with Crippen LogP contribution in [0.3, 0.4) is 0 Å². The number of hydrogen-bond acceptors (Lipinski definition) is 3. The van der Waals surface area contributed by atoms with Gasteiger partial charge in [-0.15, -0.1) is 11.3 Å². The molecule has 1 aliphatic heterocycles. The van der Waals surface area contributed by atoms with E-state index in [-0.39, 0.29) is 6.04 Å². The number of thiophene rings is 1. The lowest BCUT2D eigenvalue weighted by atomic mass is 9.86. The van der Waals surface area contributed by atoms with E-state index in [2.05, 4.69) is 11.8 Å². The van der Waals surface area contributed by atoms with E-state index in [4.69, 9.17) is 11.6 Å². The van der Waals surface area contributed by atoms with Crippen LogP contribution in [0.15, 0.2) is 11.4 Å². The normalized spacial score (nSPS) is 27.1. The molecule has 1 aromatic rings. The molecular formula is C13H18ClNO2S. The maximum atomic E-state index is 11.6. The summed E-state index contributed by atoms with van der Waals surface area (Å²) in [5, 5.41) is 11.5. The van der Waals surface area contributed by atoms with Gasteiger partial charge in [-0.05, 0) is 56.7 Å². The molecule has 0 aromatic carbocycles. The van der Waals surface area contributed by atoms with Gasteiger partial charge in [0.25, 0.3) is 0 Å². The van der Waals surface area contributed by atoms with E-state index < -0.39 is 11.5 Å². The largest absolute Gasteiger partial charge is 0.480 e. The van der Waals surface area contributed by atoms with Gasteiger partial charge < -0.3 is 5.11 Å². The predicted octanol–water partition coefficient (Wildman–Crippen LogP) is 3.79. The first-order chi connectivity index (χ1) is 8.45. The minimum absolute atomic E-state index is 0.0927. The van der Waals surface area contributed by atoms with E-state index in [1.165, 1.54) is 11.3 Å². The van der Waals surface area contributed by atoms with Crippen LogP contribution < -0.4 is 0 Å². The molecule has 0 saturated carbocycles. The first kappa shape index (κ1) is 13.8. The highest BCUT2D eigenvalue weighted by molar-refractivity contribution is 7.14. The lowest BCUT2D eigenvalue weighted by Crippen LogP contribution is -2.55. The molecule has 3 nitrogen and oxygen atoms in total. The number of halogens is 1. The molecule has 0 aliphatic carbocycles. The topological polar surface area (TPSA) is 40.5 Å². The second kappa shape index (κ2) is 5.19. The minimum atomic E-state index is -0.758. The number of carbonyl (C=O) groups is 1. The average molecular weight is 288 g/mol. The lowest BCUT2D eigenvalue weighted by Gasteiger charge is -2.45. The lowest BCUT2D eigenvalue weighted by molar-refractivity contribution is -0.155. The standard InChI is InChI=1S/C13H18ClNO2S/c1-9(10-7-11(14)18-8-10)15-6-4-3-5-13(15,2)12(16)17/h7-9H,3-6H2,1-2H3,(H,16,17). The van der Waals surface area contributed by atoms with Gasteiger partial charge in [0.15, 0.2) is 0 Å². The van der Waals surface area contributed by atoms with Crippen molar-refractivity contribution in [3.63, 3.8) is 0 Å². The van der Waals surface area contributed by atoms with Crippen LogP contribution in [0.4, 0.5) is 0 Å². The molecule has 2 rings (SSSR count). The Balaban J connectivity index is 2.26. The third kappa shape index (κ3) is 2.42.